The van der Waals surface area contributed by atoms with Crippen molar-refractivity contribution in [2.45, 2.75) is 64.5 Å². The van der Waals surface area contributed by atoms with Crippen LogP contribution in [0.3, 0.4) is 0 Å². The monoisotopic (exact) mass is 310 g/mol. The van der Waals surface area contributed by atoms with Crippen molar-refractivity contribution in [1.82, 2.24) is 20.4 Å². The zero-order chi connectivity index (χ0) is 16.0. The molecule has 2 amide bonds. The Balaban J connectivity index is 1.71. The number of carbonyl (C=O) groups excluding carboxylic acids is 1. The second-order valence-electron chi connectivity index (χ2n) is 7.40. The Kier molecular flexibility index (Phi) is 6.50. The number of likely N-dealkylation sites (N-methyl/N-ethyl adjacent to an activating group) is 1. The molecule has 5 nitrogen and oxygen atoms in total. The van der Waals surface area contributed by atoms with Gasteiger partial charge in [0.2, 0.25) is 0 Å². The first kappa shape index (κ1) is 17.5. The summed E-state index contributed by atoms with van der Waals surface area (Å²) < 4.78 is 0. The number of nitrogens with zero attached hydrogens (tertiary/aromatic N) is 2. The number of carbonyl (C=O) groups is 1. The first-order valence-corrected chi connectivity index (χ1v) is 9.03. The van der Waals surface area contributed by atoms with E-state index in [0.717, 1.165) is 45.6 Å². The summed E-state index contributed by atoms with van der Waals surface area (Å²) in [5.41, 5.74) is 0.0176. The highest BCUT2D eigenvalue weighted by Gasteiger charge is 2.30. The van der Waals surface area contributed by atoms with E-state index in [0.29, 0.717) is 12.6 Å². The van der Waals surface area contributed by atoms with E-state index in [1.165, 1.54) is 19.3 Å². The van der Waals surface area contributed by atoms with Crippen LogP contribution in [-0.4, -0.2) is 66.7 Å². The minimum Gasteiger partial charge on any atom is -0.336 e. The number of piperazine rings is 1. The van der Waals surface area contributed by atoms with Crippen LogP contribution in [-0.2, 0) is 0 Å². The predicted octanol–water partition coefficient (Wildman–Crippen LogP) is 2.03. The Morgan fingerprint density at radius 3 is 2.32 bits per heavy atom. The van der Waals surface area contributed by atoms with E-state index in [1.807, 2.05) is 0 Å². The number of hydrogen-bond acceptors (Lipinski definition) is 3. The lowest BCUT2D eigenvalue weighted by molar-refractivity contribution is 0.0554. The quantitative estimate of drug-likeness (QED) is 0.817. The third-order valence-electron chi connectivity index (χ3n) is 5.30. The van der Waals surface area contributed by atoms with Crippen LogP contribution in [0.25, 0.3) is 0 Å². The molecule has 0 unspecified atom stereocenters. The molecule has 2 rings (SSSR count). The fraction of sp³-hybridized carbons (Fsp3) is 0.941. The van der Waals surface area contributed by atoms with Gasteiger partial charge >= 0.3 is 6.03 Å². The third-order valence-corrected chi connectivity index (χ3v) is 5.30. The number of urea groups is 1. The van der Waals surface area contributed by atoms with Crippen molar-refractivity contribution in [1.29, 1.82) is 0 Å². The zero-order valence-corrected chi connectivity index (χ0v) is 14.7. The molecule has 2 fully saturated rings. The molecule has 0 radical (unpaired) electrons. The van der Waals surface area contributed by atoms with Gasteiger partial charge < -0.3 is 15.5 Å². The first-order valence-electron chi connectivity index (χ1n) is 9.03. The van der Waals surface area contributed by atoms with Crippen molar-refractivity contribution in [2.75, 3.05) is 39.3 Å². The second kappa shape index (κ2) is 8.16. The van der Waals surface area contributed by atoms with Crippen LogP contribution >= 0.6 is 0 Å². The summed E-state index contributed by atoms with van der Waals surface area (Å²) in [5.74, 6) is 0. The average molecular weight is 310 g/mol. The summed E-state index contributed by atoms with van der Waals surface area (Å²) in [6.45, 7) is 13.0. The zero-order valence-electron chi connectivity index (χ0n) is 14.7. The van der Waals surface area contributed by atoms with E-state index >= 15 is 0 Å². The van der Waals surface area contributed by atoms with Crippen LogP contribution in [0.2, 0.25) is 0 Å². The molecule has 1 aliphatic heterocycles. The molecule has 0 aromatic rings. The van der Waals surface area contributed by atoms with Gasteiger partial charge in [-0.15, -0.1) is 0 Å². The lowest BCUT2D eigenvalue weighted by Gasteiger charge is -2.44. The smallest absolute Gasteiger partial charge is 0.315 e. The normalized spacial score (nSPS) is 22.5. The highest BCUT2D eigenvalue weighted by Crippen LogP contribution is 2.18. The lowest BCUT2D eigenvalue weighted by atomic mass is 9.96. The minimum atomic E-state index is 0.00664. The molecule has 0 spiro atoms. The fourth-order valence-electron chi connectivity index (χ4n) is 3.56. The van der Waals surface area contributed by atoms with Crippen LogP contribution in [0.4, 0.5) is 4.79 Å². The van der Waals surface area contributed by atoms with Crippen LogP contribution < -0.4 is 10.6 Å². The molecule has 1 saturated heterocycles. The Labute approximate surface area is 135 Å². The molecule has 2 aliphatic rings. The molecule has 0 bridgehead atoms. The Hall–Kier alpha value is -0.810. The summed E-state index contributed by atoms with van der Waals surface area (Å²) in [5, 5.41) is 6.22. The number of nitrogens with one attached hydrogen (secondary N) is 2. The molecule has 0 atom stereocenters. The van der Waals surface area contributed by atoms with Gasteiger partial charge in [0.25, 0.3) is 0 Å². The van der Waals surface area contributed by atoms with Crippen LogP contribution in [0.1, 0.15) is 52.9 Å². The lowest BCUT2D eigenvalue weighted by Crippen LogP contribution is -2.59. The van der Waals surface area contributed by atoms with Gasteiger partial charge in [0.15, 0.2) is 0 Å². The van der Waals surface area contributed by atoms with Gasteiger partial charge in [0, 0.05) is 44.3 Å². The topological polar surface area (TPSA) is 47.6 Å². The number of amides is 2. The van der Waals surface area contributed by atoms with Gasteiger partial charge in [-0.2, -0.15) is 0 Å². The van der Waals surface area contributed by atoms with E-state index < -0.39 is 0 Å². The van der Waals surface area contributed by atoms with E-state index in [-0.39, 0.29) is 11.6 Å². The van der Waals surface area contributed by atoms with Crippen molar-refractivity contribution in [3.05, 3.63) is 0 Å². The van der Waals surface area contributed by atoms with E-state index in [4.69, 9.17) is 0 Å². The van der Waals surface area contributed by atoms with Gasteiger partial charge in [-0.1, -0.05) is 26.2 Å². The van der Waals surface area contributed by atoms with Gasteiger partial charge in [-0.05, 0) is 33.2 Å². The maximum Gasteiger partial charge on any atom is 0.315 e. The van der Waals surface area contributed by atoms with Crippen molar-refractivity contribution < 1.29 is 4.79 Å². The maximum atomic E-state index is 12.1. The minimum absolute atomic E-state index is 0.00664. The summed E-state index contributed by atoms with van der Waals surface area (Å²) in [7, 11) is 0. The van der Waals surface area contributed by atoms with E-state index in [9.17, 15) is 4.79 Å². The molecule has 1 heterocycles. The van der Waals surface area contributed by atoms with Crippen molar-refractivity contribution >= 4 is 6.03 Å². The average Bonchev–Trinajstić information content (AvgIpc) is 2.54. The van der Waals surface area contributed by atoms with Crippen molar-refractivity contribution in [3.8, 4) is 0 Å². The summed E-state index contributed by atoms with van der Waals surface area (Å²) >= 11 is 0. The molecule has 22 heavy (non-hydrogen) atoms. The molecule has 5 heteroatoms. The highest BCUT2D eigenvalue weighted by atomic mass is 16.2. The van der Waals surface area contributed by atoms with Gasteiger partial charge in [-0.3, -0.25) is 4.90 Å². The summed E-state index contributed by atoms with van der Waals surface area (Å²) in [6, 6.07) is 0.386. The van der Waals surface area contributed by atoms with E-state index in [2.05, 4.69) is 41.2 Å². The molecule has 1 saturated carbocycles. The summed E-state index contributed by atoms with van der Waals surface area (Å²) in [6.07, 6.45) is 6.08. The van der Waals surface area contributed by atoms with Crippen LogP contribution in [0.15, 0.2) is 0 Å². The van der Waals surface area contributed by atoms with Gasteiger partial charge in [-0.25, -0.2) is 4.79 Å². The van der Waals surface area contributed by atoms with E-state index in [1.54, 1.807) is 0 Å². The first-order chi connectivity index (χ1) is 10.5. The maximum absolute atomic E-state index is 12.1. The Morgan fingerprint density at radius 2 is 1.73 bits per heavy atom. The molecular weight excluding hydrogens is 276 g/mol. The van der Waals surface area contributed by atoms with Gasteiger partial charge in [0.1, 0.15) is 0 Å². The molecule has 0 aromatic carbocycles. The largest absolute Gasteiger partial charge is 0.336 e. The second-order valence-corrected chi connectivity index (χ2v) is 7.40. The summed E-state index contributed by atoms with van der Waals surface area (Å²) in [4.78, 5) is 17.1. The van der Waals surface area contributed by atoms with Crippen molar-refractivity contribution in [2.24, 2.45) is 0 Å². The Morgan fingerprint density at radius 1 is 1.09 bits per heavy atom. The SMILES string of the molecule is CCN1CCN(C(C)(C)CNC(=O)NC2CCCCC2)CC1. The fourth-order valence-corrected chi connectivity index (χ4v) is 3.56. The molecule has 0 aromatic heterocycles. The third kappa shape index (κ3) is 5.13. The molecule has 128 valence electrons. The number of rotatable bonds is 5. The van der Waals surface area contributed by atoms with Crippen molar-refractivity contribution in [3.63, 3.8) is 0 Å². The molecule has 2 N–H and O–H groups in total. The molecular formula is C17H34N4O. The van der Waals surface area contributed by atoms with Crippen LogP contribution in [0, 0.1) is 0 Å². The number of hydrogen-bond donors (Lipinski definition) is 2. The predicted molar refractivity (Wildman–Crippen MR) is 91.2 cm³/mol. The molecule has 1 aliphatic carbocycles. The Bertz CT molecular complexity index is 345. The standard InChI is InChI=1S/C17H34N4O/c1-4-20-10-12-21(13-11-20)17(2,3)14-18-16(22)19-15-8-6-5-7-9-15/h15H,4-14H2,1-3H3,(H2,18,19,22). The van der Waals surface area contributed by atoms with Gasteiger partial charge in [0.05, 0.1) is 0 Å². The van der Waals surface area contributed by atoms with Crippen LogP contribution in [0.5, 0.6) is 0 Å². The highest BCUT2D eigenvalue weighted by molar-refractivity contribution is 5.74.